The van der Waals surface area contributed by atoms with Gasteiger partial charge in [-0.2, -0.15) is 0 Å². The number of nitrogens with zero attached hydrogens (tertiary/aromatic N) is 1. The fraction of sp³-hybridized carbons (Fsp3) is 1.00. The Bertz CT molecular complexity index is 276. The maximum absolute atomic E-state index is 11.3. The molecule has 1 aliphatic rings. The lowest BCUT2D eigenvalue weighted by Gasteiger charge is -2.34. The molecule has 1 fully saturated rings. The van der Waals surface area contributed by atoms with Crippen molar-refractivity contribution in [3.63, 3.8) is 0 Å². The molecule has 1 unspecified atom stereocenters. The summed E-state index contributed by atoms with van der Waals surface area (Å²) in [5.74, 6) is 0.435. The first kappa shape index (κ1) is 12.9. The van der Waals surface area contributed by atoms with Crippen LogP contribution in [0.1, 0.15) is 26.2 Å². The largest absolute Gasteiger partial charge is 0.395 e. The molecule has 0 bridgehead atoms. The third kappa shape index (κ3) is 4.09. The van der Waals surface area contributed by atoms with E-state index in [1.165, 1.54) is 0 Å². The van der Waals surface area contributed by atoms with E-state index in [1.54, 1.807) is 6.92 Å². The first-order valence-electron chi connectivity index (χ1n) is 5.64. The quantitative estimate of drug-likeness (QED) is 0.743. The summed E-state index contributed by atoms with van der Waals surface area (Å²) in [4.78, 5) is 2.11. The van der Waals surface area contributed by atoms with Crippen molar-refractivity contribution < 1.29 is 13.5 Å². The first-order chi connectivity index (χ1) is 7.09. The Labute approximate surface area is 92.2 Å². The minimum Gasteiger partial charge on any atom is -0.395 e. The van der Waals surface area contributed by atoms with Gasteiger partial charge in [-0.25, -0.2) is 8.42 Å². The summed E-state index contributed by atoms with van der Waals surface area (Å²) in [6.07, 6.45) is 3.24. The third-order valence-electron chi connectivity index (χ3n) is 3.09. The van der Waals surface area contributed by atoms with E-state index in [-0.39, 0.29) is 24.2 Å². The maximum atomic E-state index is 11.3. The molecule has 0 aromatic carbocycles. The lowest BCUT2D eigenvalue weighted by Crippen LogP contribution is -2.44. The number of piperidine rings is 1. The average Bonchev–Trinajstić information content (AvgIpc) is 2.27. The molecule has 1 atom stereocenters. The fourth-order valence-corrected chi connectivity index (χ4v) is 2.76. The van der Waals surface area contributed by atoms with Gasteiger partial charge in [0.2, 0.25) is 0 Å². The molecule has 0 aliphatic carbocycles. The van der Waals surface area contributed by atoms with Crippen molar-refractivity contribution in [1.82, 2.24) is 4.90 Å². The van der Waals surface area contributed by atoms with Gasteiger partial charge >= 0.3 is 0 Å². The monoisotopic (exact) mass is 235 g/mol. The number of aliphatic hydroxyl groups is 1. The van der Waals surface area contributed by atoms with Gasteiger partial charge in [0.25, 0.3) is 0 Å². The van der Waals surface area contributed by atoms with E-state index in [9.17, 15) is 8.42 Å². The molecule has 0 spiro atoms. The van der Waals surface area contributed by atoms with Crippen LogP contribution < -0.4 is 0 Å². The molecule has 1 rings (SSSR count). The van der Waals surface area contributed by atoms with Gasteiger partial charge in [0, 0.05) is 18.3 Å². The highest BCUT2D eigenvalue weighted by Crippen LogP contribution is 2.16. The number of rotatable bonds is 5. The van der Waals surface area contributed by atoms with Crippen LogP contribution in [0.15, 0.2) is 0 Å². The van der Waals surface area contributed by atoms with Gasteiger partial charge in [-0.3, -0.25) is 4.90 Å². The van der Waals surface area contributed by atoms with Crippen LogP contribution in [-0.2, 0) is 9.84 Å². The number of aliphatic hydroxyl groups excluding tert-OH is 1. The van der Waals surface area contributed by atoms with Gasteiger partial charge < -0.3 is 5.11 Å². The molecule has 0 amide bonds. The molecule has 0 aromatic rings. The zero-order valence-electron chi connectivity index (χ0n) is 9.35. The van der Waals surface area contributed by atoms with Crippen molar-refractivity contribution in [1.29, 1.82) is 0 Å². The van der Waals surface area contributed by atoms with Crippen LogP contribution in [0, 0.1) is 0 Å². The van der Waals surface area contributed by atoms with Crippen molar-refractivity contribution in [2.24, 2.45) is 0 Å². The van der Waals surface area contributed by atoms with Crippen LogP contribution in [0.5, 0.6) is 0 Å². The van der Waals surface area contributed by atoms with E-state index in [2.05, 4.69) is 4.90 Å². The van der Waals surface area contributed by atoms with Crippen LogP contribution in [0.3, 0.4) is 0 Å². The van der Waals surface area contributed by atoms with Gasteiger partial charge in [-0.1, -0.05) is 13.3 Å². The summed E-state index contributed by atoms with van der Waals surface area (Å²) in [6.45, 7) is 3.31. The topological polar surface area (TPSA) is 57.6 Å². The second-order valence-electron chi connectivity index (χ2n) is 4.10. The van der Waals surface area contributed by atoms with E-state index >= 15 is 0 Å². The Morgan fingerprint density at radius 2 is 2.13 bits per heavy atom. The molecule has 0 radical (unpaired) electrons. The van der Waals surface area contributed by atoms with Gasteiger partial charge in [-0.05, 0) is 19.4 Å². The number of likely N-dealkylation sites (tertiary alicyclic amines) is 1. The van der Waals surface area contributed by atoms with Gasteiger partial charge in [-0.15, -0.1) is 0 Å². The van der Waals surface area contributed by atoms with Crippen LogP contribution >= 0.6 is 0 Å². The normalized spacial score (nSPS) is 24.3. The number of hydrogen-bond acceptors (Lipinski definition) is 4. The zero-order chi connectivity index (χ0) is 11.3. The standard InChI is InChI=1S/C10H21NO3S/c1-2-15(13,14)8-7-11-6-4-3-5-10(11)9-12/h10,12H,2-9H2,1H3. The Morgan fingerprint density at radius 3 is 2.73 bits per heavy atom. The molecule has 0 aromatic heterocycles. The molecule has 5 heteroatoms. The van der Waals surface area contributed by atoms with Crippen molar-refractivity contribution in [2.45, 2.75) is 32.2 Å². The Kier molecular flexibility index (Phi) is 5.02. The van der Waals surface area contributed by atoms with Crippen LogP contribution in [0.2, 0.25) is 0 Å². The molecule has 90 valence electrons. The summed E-state index contributed by atoms with van der Waals surface area (Å²) in [7, 11) is -2.87. The second kappa shape index (κ2) is 5.82. The van der Waals surface area contributed by atoms with Crippen LogP contribution in [0.25, 0.3) is 0 Å². The van der Waals surface area contributed by atoms with E-state index < -0.39 is 9.84 Å². The van der Waals surface area contributed by atoms with Gasteiger partial charge in [0.1, 0.15) is 0 Å². The highest BCUT2D eigenvalue weighted by molar-refractivity contribution is 7.91. The molecular formula is C10H21NO3S. The Morgan fingerprint density at radius 1 is 1.40 bits per heavy atom. The number of sulfone groups is 1. The molecule has 1 N–H and O–H groups in total. The first-order valence-corrected chi connectivity index (χ1v) is 7.46. The fourth-order valence-electron chi connectivity index (χ4n) is 1.96. The van der Waals surface area contributed by atoms with Gasteiger partial charge in [0.15, 0.2) is 9.84 Å². The molecule has 1 saturated heterocycles. The molecule has 0 saturated carbocycles. The molecular weight excluding hydrogens is 214 g/mol. The van der Waals surface area contributed by atoms with Crippen molar-refractivity contribution in [3.8, 4) is 0 Å². The molecule has 4 nitrogen and oxygen atoms in total. The smallest absolute Gasteiger partial charge is 0.151 e. The highest BCUT2D eigenvalue weighted by Gasteiger charge is 2.22. The van der Waals surface area contributed by atoms with Gasteiger partial charge in [0.05, 0.1) is 12.4 Å². The summed E-state index contributed by atoms with van der Waals surface area (Å²) in [5, 5.41) is 9.16. The molecule has 1 aliphatic heterocycles. The lowest BCUT2D eigenvalue weighted by molar-refractivity contribution is 0.0959. The van der Waals surface area contributed by atoms with Crippen LogP contribution in [0.4, 0.5) is 0 Å². The van der Waals surface area contributed by atoms with Crippen molar-refractivity contribution in [3.05, 3.63) is 0 Å². The van der Waals surface area contributed by atoms with Crippen LogP contribution in [-0.4, -0.2) is 55.7 Å². The third-order valence-corrected chi connectivity index (χ3v) is 4.77. The molecule has 15 heavy (non-hydrogen) atoms. The zero-order valence-corrected chi connectivity index (χ0v) is 10.2. The predicted octanol–water partition coefficient (Wildman–Crippen LogP) is 0.268. The van der Waals surface area contributed by atoms with E-state index in [4.69, 9.17) is 5.11 Å². The summed E-state index contributed by atoms with van der Waals surface area (Å²) >= 11 is 0. The Balaban J connectivity index is 2.42. The minimum atomic E-state index is -2.87. The minimum absolute atomic E-state index is 0.145. The summed E-state index contributed by atoms with van der Waals surface area (Å²) < 4.78 is 22.7. The van der Waals surface area contributed by atoms with E-state index in [1.807, 2.05) is 0 Å². The SMILES string of the molecule is CCS(=O)(=O)CCN1CCCCC1CO. The lowest BCUT2D eigenvalue weighted by atomic mass is 10.0. The molecule has 1 heterocycles. The second-order valence-corrected chi connectivity index (χ2v) is 6.58. The van der Waals surface area contributed by atoms with Crippen molar-refractivity contribution >= 4 is 9.84 Å². The van der Waals surface area contributed by atoms with E-state index in [0.717, 1.165) is 25.8 Å². The highest BCUT2D eigenvalue weighted by atomic mass is 32.2. The predicted molar refractivity (Wildman–Crippen MR) is 60.6 cm³/mol. The van der Waals surface area contributed by atoms with Crippen molar-refractivity contribution in [2.75, 3.05) is 31.2 Å². The Hall–Kier alpha value is -0.130. The average molecular weight is 235 g/mol. The maximum Gasteiger partial charge on any atom is 0.151 e. The number of hydrogen-bond donors (Lipinski definition) is 1. The van der Waals surface area contributed by atoms with E-state index in [0.29, 0.717) is 6.54 Å². The summed E-state index contributed by atoms with van der Waals surface area (Å²) in [5.41, 5.74) is 0. The summed E-state index contributed by atoms with van der Waals surface area (Å²) in [6, 6.07) is 0.172.